The summed E-state index contributed by atoms with van der Waals surface area (Å²) in [4.78, 5) is 21.2. The van der Waals surface area contributed by atoms with Crippen LogP contribution < -0.4 is 15.4 Å². The van der Waals surface area contributed by atoms with Gasteiger partial charge in [0, 0.05) is 25.3 Å². The van der Waals surface area contributed by atoms with E-state index in [4.69, 9.17) is 10.5 Å². The number of pyridine rings is 2. The maximum atomic E-state index is 16.2. The van der Waals surface area contributed by atoms with Crippen LogP contribution in [0, 0.1) is 18.2 Å². The zero-order chi connectivity index (χ0) is 28.1. The smallest absolute Gasteiger partial charge is 0.418 e. The lowest BCUT2D eigenvalue weighted by molar-refractivity contribution is -0.137. The van der Waals surface area contributed by atoms with Crippen LogP contribution >= 0.6 is 0 Å². The number of halogens is 4. The monoisotopic (exact) mass is 547 g/mol. The number of nitrogens with zero attached hydrogens (tertiary/aromatic N) is 6. The minimum Gasteiger partial charge on any atom is -0.462 e. The van der Waals surface area contributed by atoms with E-state index in [0.29, 0.717) is 30.9 Å². The van der Waals surface area contributed by atoms with Crippen molar-refractivity contribution in [1.82, 2.24) is 24.8 Å². The van der Waals surface area contributed by atoms with Gasteiger partial charge < -0.3 is 20.3 Å². The van der Waals surface area contributed by atoms with Gasteiger partial charge in [0.05, 0.1) is 10.9 Å². The number of fused-ring (bicyclic) bond motifs is 1. The molecular weight excluding hydrogens is 514 g/mol. The largest absolute Gasteiger partial charge is 0.462 e. The maximum Gasteiger partial charge on any atom is 0.418 e. The zero-order valence-electron chi connectivity index (χ0n) is 22.6. The molecule has 8 nitrogen and oxygen atoms in total. The number of ether oxygens (including phenoxy) is 1. The van der Waals surface area contributed by atoms with Crippen LogP contribution in [0.3, 0.4) is 0 Å². The van der Waals surface area contributed by atoms with Crippen molar-refractivity contribution in [1.29, 1.82) is 0 Å². The molecule has 0 radical (unpaired) electrons. The molecule has 5 heterocycles. The van der Waals surface area contributed by atoms with E-state index in [9.17, 15) is 13.2 Å². The molecule has 2 saturated heterocycles. The third kappa shape index (κ3) is 5.43. The predicted octanol–water partition coefficient (Wildman–Crippen LogP) is 5.23. The summed E-state index contributed by atoms with van der Waals surface area (Å²) >= 11 is 0. The Labute approximate surface area is 224 Å². The second-order valence-corrected chi connectivity index (χ2v) is 11.3. The summed E-state index contributed by atoms with van der Waals surface area (Å²) in [7, 11) is 2.01. The van der Waals surface area contributed by atoms with Crippen LogP contribution in [-0.4, -0.2) is 64.2 Å². The standard InChI is InChI=1S/C27H33F4N7O/c1-15-12-18(32)34-22(19(15)27(29,30)31)23-20(28)21-17(13-33-23)24(38-10-7-26(2,3)8-11-38)36-25(35-21)39-14-16-6-5-9-37(16)4/h12-13,16H,5-11,14H2,1-4H3,(H2,32,34). The van der Waals surface area contributed by atoms with Crippen LogP contribution in [0.25, 0.3) is 22.3 Å². The number of aromatic nitrogens is 4. The highest BCUT2D eigenvalue weighted by Gasteiger charge is 2.38. The highest BCUT2D eigenvalue weighted by atomic mass is 19.4. The number of piperidine rings is 1. The minimum absolute atomic E-state index is 0.0218. The molecule has 0 bridgehead atoms. The van der Waals surface area contributed by atoms with E-state index in [1.807, 2.05) is 11.9 Å². The van der Waals surface area contributed by atoms with Gasteiger partial charge in [0.2, 0.25) is 0 Å². The summed E-state index contributed by atoms with van der Waals surface area (Å²) in [5, 5.41) is 0.301. The van der Waals surface area contributed by atoms with Gasteiger partial charge in [0.25, 0.3) is 0 Å². The Morgan fingerprint density at radius 2 is 1.82 bits per heavy atom. The third-order valence-electron chi connectivity index (χ3n) is 7.88. The van der Waals surface area contributed by atoms with Crippen molar-refractivity contribution in [2.75, 3.05) is 43.9 Å². The number of aryl methyl sites for hydroxylation is 1. The molecule has 0 saturated carbocycles. The SMILES string of the molecule is Cc1cc(N)nc(-c2ncc3c(N4CCC(C)(C)CC4)nc(OCC4CCCN4C)nc3c2F)c1C(F)(F)F. The van der Waals surface area contributed by atoms with E-state index in [0.717, 1.165) is 38.3 Å². The molecule has 2 fully saturated rings. The zero-order valence-corrected chi connectivity index (χ0v) is 22.6. The summed E-state index contributed by atoms with van der Waals surface area (Å²) in [6, 6.07) is 1.26. The first-order chi connectivity index (χ1) is 18.3. The molecule has 3 aromatic rings. The number of hydrogen-bond donors (Lipinski definition) is 1. The summed E-state index contributed by atoms with van der Waals surface area (Å²) in [6.07, 6.45) is 0.338. The highest BCUT2D eigenvalue weighted by molar-refractivity contribution is 5.92. The van der Waals surface area contributed by atoms with Gasteiger partial charge in [-0.25, -0.2) is 9.37 Å². The van der Waals surface area contributed by atoms with Crippen LogP contribution in [0.15, 0.2) is 12.3 Å². The summed E-state index contributed by atoms with van der Waals surface area (Å²) in [5.74, 6) is -0.740. The van der Waals surface area contributed by atoms with Crippen LogP contribution in [0.1, 0.15) is 50.7 Å². The third-order valence-corrected chi connectivity index (χ3v) is 7.88. The molecule has 210 valence electrons. The van der Waals surface area contributed by atoms with Gasteiger partial charge in [-0.15, -0.1) is 0 Å². The first-order valence-corrected chi connectivity index (χ1v) is 13.1. The molecule has 2 aliphatic heterocycles. The molecule has 12 heteroatoms. The van der Waals surface area contributed by atoms with Crippen molar-refractivity contribution in [3.05, 3.63) is 29.2 Å². The highest BCUT2D eigenvalue weighted by Crippen LogP contribution is 2.41. The molecule has 39 heavy (non-hydrogen) atoms. The fraction of sp³-hybridized carbons (Fsp3) is 0.556. The Kier molecular flexibility index (Phi) is 7.02. The lowest BCUT2D eigenvalue weighted by atomic mass is 9.82. The van der Waals surface area contributed by atoms with Crippen molar-refractivity contribution in [2.24, 2.45) is 5.41 Å². The Hall–Kier alpha value is -3.28. The van der Waals surface area contributed by atoms with E-state index in [2.05, 4.69) is 38.7 Å². The average Bonchev–Trinajstić information content (AvgIpc) is 3.26. The fourth-order valence-electron chi connectivity index (χ4n) is 5.40. The minimum atomic E-state index is -4.79. The second kappa shape index (κ2) is 10.0. The van der Waals surface area contributed by atoms with Crippen molar-refractivity contribution in [2.45, 2.75) is 58.7 Å². The van der Waals surface area contributed by atoms with E-state index < -0.39 is 28.9 Å². The quantitative estimate of drug-likeness (QED) is 0.434. The number of alkyl halides is 3. The van der Waals surface area contributed by atoms with E-state index in [1.54, 1.807) is 0 Å². The van der Waals surface area contributed by atoms with Crippen LogP contribution in [0.2, 0.25) is 0 Å². The molecular formula is C27H33F4N7O. The van der Waals surface area contributed by atoms with Gasteiger partial charge in [-0.2, -0.15) is 23.1 Å². The fourth-order valence-corrected chi connectivity index (χ4v) is 5.40. The number of nitrogen functional groups attached to an aromatic ring is 1. The van der Waals surface area contributed by atoms with E-state index in [1.165, 1.54) is 13.1 Å². The molecule has 3 aromatic heterocycles. The van der Waals surface area contributed by atoms with Crippen molar-refractivity contribution < 1.29 is 22.3 Å². The molecule has 0 spiro atoms. The van der Waals surface area contributed by atoms with Gasteiger partial charge in [-0.3, -0.25) is 4.98 Å². The van der Waals surface area contributed by atoms with Gasteiger partial charge >= 0.3 is 12.2 Å². The first kappa shape index (κ1) is 27.3. The van der Waals surface area contributed by atoms with Gasteiger partial charge in [-0.1, -0.05) is 13.8 Å². The summed E-state index contributed by atoms with van der Waals surface area (Å²) in [5.41, 5.74) is 3.25. The maximum absolute atomic E-state index is 16.2. The molecule has 2 aliphatic rings. The number of likely N-dealkylation sites (N-methyl/N-ethyl adjacent to an activating group) is 1. The lowest BCUT2D eigenvalue weighted by Crippen LogP contribution is -2.38. The van der Waals surface area contributed by atoms with Gasteiger partial charge in [0.15, 0.2) is 5.82 Å². The Morgan fingerprint density at radius 1 is 1.10 bits per heavy atom. The molecule has 2 N–H and O–H groups in total. The molecule has 0 aliphatic carbocycles. The summed E-state index contributed by atoms with van der Waals surface area (Å²) < 4.78 is 64.1. The summed E-state index contributed by atoms with van der Waals surface area (Å²) in [6.45, 7) is 8.29. The Balaban J connectivity index is 1.64. The Morgan fingerprint density at radius 3 is 2.46 bits per heavy atom. The van der Waals surface area contributed by atoms with E-state index in [-0.39, 0.29) is 34.4 Å². The molecule has 0 amide bonds. The number of likely N-dealkylation sites (tertiary alicyclic amines) is 1. The van der Waals surface area contributed by atoms with Gasteiger partial charge in [-0.05, 0) is 63.2 Å². The Bertz CT molecular complexity index is 1390. The number of anilines is 2. The molecule has 0 aromatic carbocycles. The average molecular weight is 548 g/mol. The molecule has 1 atom stereocenters. The van der Waals surface area contributed by atoms with Crippen molar-refractivity contribution >= 4 is 22.5 Å². The van der Waals surface area contributed by atoms with E-state index >= 15 is 4.39 Å². The number of nitrogens with two attached hydrogens (primary N) is 1. The second-order valence-electron chi connectivity index (χ2n) is 11.3. The normalized spacial score (nSPS) is 20.1. The first-order valence-electron chi connectivity index (χ1n) is 13.1. The van der Waals surface area contributed by atoms with Crippen LogP contribution in [0.4, 0.5) is 29.2 Å². The van der Waals surface area contributed by atoms with Gasteiger partial charge in [0.1, 0.15) is 35.1 Å². The number of rotatable bonds is 5. The predicted molar refractivity (Wildman–Crippen MR) is 141 cm³/mol. The molecule has 5 rings (SSSR count). The van der Waals surface area contributed by atoms with Crippen molar-refractivity contribution in [3.63, 3.8) is 0 Å². The number of hydrogen-bond acceptors (Lipinski definition) is 8. The molecule has 1 unspecified atom stereocenters. The van der Waals surface area contributed by atoms with Crippen LogP contribution in [-0.2, 0) is 6.18 Å². The van der Waals surface area contributed by atoms with Crippen LogP contribution in [0.5, 0.6) is 6.01 Å². The lowest BCUT2D eigenvalue weighted by Gasteiger charge is -2.37. The topological polar surface area (TPSA) is 93.3 Å². The van der Waals surface area contributed by atoms with Crippen molar-refractivity contribution in [3.8, 4) is 17.4 Å².